The van der Waals surface area contributed by atoms with Crippen molar-refractivity contribution in [1.82, 2.24) is 15.2 Å². The molecule has 4 rings (SSSR count). The topological polar surface area (TPSA) is 112 Å². The van der Waals surface area contributed by atoms with Gasteiger partial charge in [0.05, 0.1) is 46.9 Å². The number of benzene rings is 2. The second kappa shape index (κ2) is 13.3. The molecular formula is C29H33ClN6O3. The van der Waals surface area contributed by atoms with Crippen molar-refractivity contribution in [3.8, 4) is 17.6 Å². The van der Waals surface area contributed by atoms with Gasteiger partial charge in [-0.25, -0.2) is 0 Å². The molecule has 0 radical (unpaired) electrons. The lowest BCUT2D eigenvalue weighted by Gasteiger charge is -2.25. The summed E-state index contributed by atoms with van der Waals surface area (Å²) in [7, 11) is 1.55. The SMILES string of the molecule is CCOc1cc2nc(CC)c(C#N)c(Nc3ccc(OC)c(Cl)c3)c2cc1NC(=O)/C=C/CN1CCNCC1. The highest BCUT2D eigenvalue weighted by atomic mass is 35.5. The highest BCUT2D eigenvalue weighted by Gasteiger charge is 2.19. The van der Waals surface area contributed by atoms with E-state index in [1.807, 2.05) is 26.0 Å². The Balaban J connectivity index is 1.72. The zero-order valence-corrected chi connectivity index (χ0v) is 23.2. The summed E-state index contributed by atoms with van der Waals surface area (Å²) < 4.78 is 11.1. The van der Waals surface area contributed by atoms with E-state index in [0.29, 0.717) is 75.3 Å². The molecular weight excluding hydrogens is 516 g/mol. The minimum absolute atomic E-state index is 0.263. The van der Waals surface area contributed by atoms with Crippen molar-refractivity contribution in [2.24, 2.45) is 0 Å². The van der Waals surface area contributed by atoms with E-state index in [2.05, 4.69) is 26.9 Å². The Morgan fingerprint density at radius 2 is 2.03 bits per heavy atom. The Labute approximate surface area is 233 Å². The number of carbonyl (C=O) groups is 1. The highest BCUT2D eigenvalue weighted by Crippen LogP contribution is 2.38. The fraction of sp³-hybridized carbons (Fsp3) is 0.345. The van der Waals surface area contributed by atoms with E-state index in [9.17, 15) is 10.1 Å². The maximum atomic E-state index is 12.8. The number of aryl methyl sites for hydroxylation is 1. The number of halogens is 1. The lowest BCUT2D eigenvalue weighted by Crippen LogP contribution is -2.43. The summed E-state index contributed by atoms with van der Waals surface area (Å²) in [6.45, 7) is 8.76. The van der Waals surface area contributed by atoms with E-state index in [1.54, 1.807) is 37.5 Å². The van der Waals surface area contributed by atoms with Crippen molar-refractivity contribution >= 4 is 45.5 Å². The molecule has 3 N–H and O–H groups in total. The number of nitrogens with one attached hydrogen (secondary N) is 3. The molecule has 0 saturated carbocycles. The molecule has 0 atom stereocenters. The summed E-state index contributed by atoms with van der Waals surface area (Å²) in [4.78, 5) is 19.9. The van der Waals surface area contributed by atoms with Gasteiger partial charge in [-0.2, -0.15) is 5.26 Å². The van der Waals surface area contributed by atoms with Gasteiger partial charge >= 0.3 is 0 Å². The van der Waals surface area contributed by atoms with Crippen LogP contribution in [-0.2, 0) is 11.2 Å². The smallest absolute Gasteiger partial charge is 0.248 e. The van der Waals surface area contributed by atoms with Crippen molar-refractivity contribution in [1.29, 1.82) is 5.26 Å². The van der Waals surface area contributed by atoms with Gasteiger partial charge in [-0.15, -0.1) is 0 Å². The van der Waals surface area contributed by atoms with Gasteiger partial charge in [0, 0.05) is 55.9 Å². The van der Waals surface area contributed by atoms with Crippen LogP contribution in [-0.4, -0.2) is 62.2 Å². The number of piperazine rings is 1. The molecule has 2 aromatic carbocycles. The zero-order chi connectivity index (χ0) is 27.8. The van der Waals surface area contributed by atoms with E-state index in [-0.39, 0.29) is 5.91 Å². The van der Waals surface area contributed by atoms with E-state index >= 15 is 0 Å². The number of amides is 1. The van der Waals surface area contributed by atoms with Gasteiger partial charge in [-0.05, 0) is 37.6 Å². The predicted octanol–water partition coefficient (Wildman–Crippen LogP) is 4.87. The number of pyridine rings is 1. The van der Waals surface area contributed by atoms with Gasteiger partial charge in [0.1, 0.15) is 17.6 Å². The average molecular weight is 549 g/mol. The molecule has 0 aliphatic carbocycles. The monoisotopic (exact) mass is 548 g/mol. The molecule has 1 aliphatic rings. The normalized spacial score (nSPS) is 13.8. The first-order valence-electron chi connectivity index (χ1n) is 13.0. The van der Waals surface area contributed by atoms with E-state index in [1.165, 1.54) is 0 Å². The third-order valence-corrected chi connectivity index (χ3v) is 6.72. The number of carbonyl (C=O) groups excluding carboxylic acids is 1. The number of hydrogen-bond donors (Lipinski definition) is 3. The lowest BCUT2D eigenvalue weighted by atomic mass is 10.0. The average Bonchev–Trinajstić information content (AvgIpc) is 2.94. The van der Waals surface area contributed by atoms with Crippen LogP contribution < -0.4 is 25.4 Å². The largest absolute Gasteiger partial charge is 0.495 e. The summed E-state index contributed by atoms with van der Waals surface area (Å²) in [5.41, 5.74) is 3.47. The fourth-order valence-corrected chi connectivity index (χ4v) is 4.74. The Morgan fingerprint density at radius 3 is 2.69 bits per heavy atom. The molecule has 3 aromatic rings. The number of nitrogens with zero attached hydrogens (tertiary/aromatic N) is 3. The Kier molecular flexibility index (Phi) is 9.60. The number of rotatable bonds is 10. The van der Waals surface area contributed by atoms with Crippen LogP contribution in [0.1, 0.15) is 25.1 Å². The van der Waals surface area contributed by atoms with Crippen LogP contribution >= 0.6 is 11.6 Å². The van der Waals surface area contributed by atoms with Crippen molar-refractivity contribution in [2.45, 2.75) is 20.3 Å². The summed E-state index contributed by atoms with van der Waals surface area (Å²) in [5.74, 6) is 0.792. The van der Waals surface area contributed by atoms with Crippen molar-refractivity contribution in [3.05, 3.63) is 58.8 Å². The van der Waals surface area contributed by atoms with Crippen LogP contribution in [0.3, 0.4) is 0 Å². The van der Waals surface area contributed by atoms with E-state index < -0.39 is 0 Å². The molecule has 10 heteroatoms. The maximum absolute atomic E-state index is 12.8. The molecule has 1 saturated heterocycles. The minimum Gasteiger partial charge on any atom is -0.495 e. The van der Waals surface area contributed by atoms with Crippen molar-refractivity contribution < 1.29 is 14.3 Å². The van der Waals surface area contributed by atoms with Gasteiger partial charge in [-0.3, -0.25) is 14.7 Å². The van der Waals surface area contributed by atoms with Crippen LogP contribution in [0, 0.1) is 11.3 Å². The second-order valence-corrected chi connectivity index (χ2v) is 9.40. The first-order chi connectivity index (χ1) is 19.0. The third kappa shape index (κ3) is 6.79. The van der Waals surface area contributed by atoms with Gasteiger partial charge in [0.15, 0.2) is 0 Å². The molecule has 0 unspecified atom stereocenters. The van der Waals surface area contributed by atoms with E-state index in [0.717, 1.165) is 26.2 Å². The first-order valence-corrected chi connectivity index (χ1v) is 13.4. The minimum atomic E-state index is -0.263. The maximum Gasteiger partial charge on any atom is 0.248 e. The van der Waals surface area contributed by atoms with Gasteiger partial charge < -0.3 is 25.4 Å². The number of aromatic nitrogens is 1. The highest BCUT2D eigenvalue weighted by molar-refractivity contribution is 6.32. The van der Waals surface area contributed by atoms with Gasteiger partial charge in [-0.1, -0.05) is 24.6 Å². The molecule has 0 bridgehead atoms. The number of hydrogen-bond acceptors (Lipinski definition) is 8. The first kappa shape index (κ1) is 28.2. The fourth-order valence-electron chi connectivity index (χ4n) is 4.49. The Morgan fingerprint density at radius 1 is 1.23 bits per heavy atom. The van der Waals surface area contributed by atoms with E-state index in [4.69, 9.17) is 26.1 Å². The van der Waals surface area contributed by atoms with Crippen LogP contribution in [0.15, 0.2) is 42.5 Å². The number of fused-ring (bicyclic) bond motifs is 1. The lowest BCUT2D eigenvalue weighted by molar-refractivity contribution is -0.111. The predicted molar refractivity (Wildman–Crippen MR) is 155 cm³/mol. The number of anilines is 3. The number of nitriles is 1. The standard InChI is InChI=1S/C29H33ClN6O3/c1-4-23-21(18-31)29(33-19-8-9-26(38-3)22(30)15-19)20-16-25(27(39-5-2)17-24(20)34-23)35-28(37)7-6-12-36-13-10-32-11-14-36/h6-9,15-17,32H,4-5,10-14H2,1-3H3,(H,33,34)(H,35,37)/b7-6+. The van der Waals surface area contributed by atoms with Crippen LogP contribution in [0.25, 0.3) is 10.9 Å². The van der Waals surface area contributed by atoms with Crippen molar-refractivity contribution in [2.75, 3.05) is 57.1 Å². The summed E-state index contributed by atoms with van der Waals surface area (Å²) in [5, 5.41) is 20.8. The molecule has 39 heavy (non-hydrogen) atoms. The van der Waals surface area contributed by atoms with Crippen molar-refractivity contribution in [3.63, 3.8) is 0 Å². The molecule has 1 aromatic heterocycles. The summed E-state index contributed by atoms with van der Waals surface area (Å²) >= 11 is 6.36. The molecule has 0 spiro atoms. The van der Waals surface area contributed by atoms with Gasteiger partial charge in [0.25, 0.3) is 0 Å². The molecule has 1 fully saturated rings. The molecule has 1 amide bonds. The van der Waals surface area contributed by atoms with Gasteiger partial charge in [0.2, 0.25) is 5.91 Å². The number of ether oxygens (including phenoxy) is 2. The van der Waals surface area contributed by atoms with Crippen LogP contribution in [0.4, 0.5) is 17.1 Å². The Hall–Kier alpha value is -3.84. The quantitative estimate of drug-likeness (QED) is 0.308. The third-order valence-electron chi connectivity index (χ3n) is 6.43. The zero-order valence-electron chi connectivity index (χ0n) is 22.4. The van der Waals surface area contributed by atoms with Crippen LogP contribution in [0.2, 0.25) is 5.02 Å². The summed E-state index contributed by atoms with van der Waals surface area (Å²) in [6, 6.07) is 11.2. The molecule has 204 valence electrons. The summed E-state index contributed by atoms with van der Waals surface area (Å²) in [6.07, 6.45) is 3.97. The van der Waals surface area contributed by atoms with Crippen LogP contribution in [0.5, 0.6) is 11.5 Å². The molecule has 1 aliphatic heterocycles. The Bertz CT molecular complexity index is 1410. The number of methoxy groups -OCH3 is 1. The second-order valence-electron chi connectivity index (χ2n) is 8.99. The molecule has 2 heterocycles. The molecule has 9 nitrogen and oxygen atoms in total.